The van der Waals surface area contributed by atoms with Crippen LogP contribution in [0.2, 0.25) is 0 Å². The van der Waals surface area contributed by atoms with Gasteiger partial charge in [0.15, 0.2) is 0 Å². The second-order valence-corrected chi connectivity index (χ2v) is 10.1. The minimum atomic E-state index is -0.274. The van der Waals surface area contributed by atoms with E-state index < -0.39 is 0 Å². The Kier molecular flexibility index (Phi) is 8.07. The quantitative estimate of drug-likeness (QED) is 0.299. The SMILES string of the molecule is CCCCOC(CN1c2ccc(N)cc2C(=O)NC1c1ccccc1)N1CCC(c2ccccc2)CC1. The molecule has 2 unspecified atom stereocenters. The third-order valence-corrected chi connectivity index (χ3v) is 7.64. The molecular formula is C31H38N4O2. The standard InChI is InChI=1S/C31H38N4O2/c1-2-3-20-37-29(34-18-16-24(17-19-34)23-10-6-4-7-11-23)22-35-28-15-14-26(32)21-27(28)31(36)33-30(35)25-12-8-5-9-13-25/h4-15,21,24,29-30H,2-3,16-20,22,32H2,1H3,(H,33,36). The lowest BCUT2D eigenvalue weighted by Gasteiger charge is -2.44. The highest BCUT2D eigenvalue weighted by molar-refractivity contribution is 6.03. The summed E-state index contributed by atoms with van der Waals surface area (Å²) >= 11 is 0. The van der Waals surface area contributed by atoms with Gasteiger partial charge < -0.3 is 20.7 Å². The minimum absolute atomic E-state index is 0.0742. The van der Waals surface area contributed by atoms with E-state index in [0.29, 0.717) is 23.7 Å². The molecular weight excluding hydrogens is 460 g/mol. The van der Waals surface area contributed by atoms with Crippen LogP contribution in [0.15, 0.2) is 78.9 Å². The third kappa shape index (κ3) is 5.81. The average Bonchev–Trinajstić information content (AvgIpc) is 2.95. The van der Waals surface area contributed by atoms with Gasteiger partial charge in [0.2, 0.25) is 0 Å². The number of amides is 1. The van der Waals surface area contributed by atoms with E-state index in [1.165, 1.54) is 5.56 Å². The van der Waals surface area contributed by atoms with Gasteiger partial charge in [0.1, 0.15) is 12.4 Å². The number of benzene rings is 3. The minimum Gasteiger partial charge on any atom is -0.399 e. The van der Waals surface area contributed by atoms with E-state index in [4.69, 9.17) is 10.5 Å². The molecule has 2 aliphatic rings. The van der Waals surface area contributed by atoms with Crippen LogP contribution in [0.5, 0.6) is 0 Å². The van der Waals surface area contributed by atoms with Crippen molar-refractivity contribution in [2.75, 3.05) is 36.9 Å². The summed E-state index contributed by atoms with van der Waals surface area (Å²) in [5.41, 5.74) is 10.6. The highest BCUT2D eigenvalue weighted by Gasteiger charge is 2.35. The van der Waals surface area contributed by atoms with Gasteiger partial charge in [0.25, 0.3) is 5.91 Å². The largest absolute Gasteiger partial charge is 0.399 e. The van der Waals surface area contributed by atoms with Crippen LogP contribution in [0.1, 0.15) is 66.2 Å². The molecule has 0 saturated carbocycles. The van der Waals surface area contributed by atoms with Gasteiger partial charge in [-0.15, -0.1) is 0 Å². The maximum atomic E-state index is 13.1. The maximum absolute atomic E-state index is 13.1. The molecule has 194 valence electrons. The Hall–Kier alpha value is -3.35. The summed E-state index contributed by atoms with van der Waals surface area (Å²) < 4.78 is 6.56. The molecule has 6 nitrogen and oxygen atoms in total. The van der Waals surface area contributed by atoms with Crippen LogP contribution in [0.4, 0.5) is 11.4 Å². The lowest BCUT2D eigenvalue weighted by atomic mass is 9.89. The number of nitrogen functional groups attached to an aromatic ring is 1. The van der Waals surface area contributed by atoms with Gasteiger partial charge in [0.05, 0.1) is 17.8 Å². The summed E-state index contributed by atoms with van der Waals surface area (Å²) in [7, 11) is 0. The van der Waals surface area contributed by atoms with Gasteiger partial charge in [0, 0.05) is 25.4 Å². The molecule has 0 bridgehead atoms. The summed E-state index contributed by atoms with van der Waals surface area (Å²) in [4.78, 5) is 17.9. The zero-order valence-electron chi connectivity index (χ0n) is 21.7. The van der Waals surface area contributed by atoms with Crippen molar-refractivity contribution in [1.29, 1.82) is 0 Å². The number of piperidine rings is 1. The molecule has 2 atom stereocenters. The van der Waals surface area contributed by atoms with E-state index in [1.807, 2.05) is 30.3 Å². The number of hydrogen-bond acceptors (Lipinski definition) is 5. The Balaban J connectivity index is 1.41. The van der Waals surface area contributed by atoms with Gasteiger partial charge in [-0.1, -0.05) is 74.0 Å². The van der Waals surface area contributed by atoms with Crippen molar-refractivity contribution in [3.63, 3.8) is 0 Å². The molecule has 2 aliphatic heterocycles. The van der Waals surface area contributed by atoms with E-state index >= 15 is 0 Å². The molecule has 0 radical (unpaired) electrons. The fourth-order valence-electron chi connectivity index (χ4n) is 5.56. The lowest BCUT2D eigenvalue weighted by molar-refractivity contribution is -0.0653. The highest BCUT2D eigenvalue weighted by atomic mass is 16.5. The number of unbranched alkanes of at least 4 members (excludes halogenated alkanes) is 1. The predicted molar refractivity (Wildman–Crippen MR) is 149 cm³/mol. The first-order chi connectivity index (χ1) is 18.1. The summed E-state index contributed by atoms with van der Waals surface area (Å²) in [6.45, 7) is 5.54. The van der Waals surface area contributed by atoms with Gasteiger partial charge >= 0.3 is 0 Å². The Labute approximate surface area is 220 Å². The van der Waals surface area contributed by atoms with Crippen molar-refractivity contribution in [2.45, 2.75) is 50.9 Å². The fourth-order valence-corrected chi connectivity index (χ4v) is 5.56. The molecule has 5 rings (SSSR count). The molecule has 1 saturated heterocycles. The molecule has 37 heavy (non-hydrogen) atoms. The lowest BCUT2D eigenvalue weighted by Crippen LogP contribution is -2.54. The molecule has 6 heteroatoms. The average molecular weight is 499 g/mol. The zero-order valence-corrected chi connectivity index (χ0v) is 21.7. The normalized spacial score (nSPS) is 19.3. The molecule has 2 heterocycles. The molecule has 3 N–H and O–H groups in total. The molecule has 3 aromatic carbocycles. The van der Waals surface area contributed by atoms with Crippen LogP contribution >= 0.6 is 0 Å². The number of nitrogens with two attached hydrogens (primary N) is 1. The Morgan fingerprint density at radius 2 is 1.65 bits per heavy atom. The van der Waals surface area contributed by atoms with E-state index in [-0.39, 0.29) is 18.3 Å². The number of carbonyl (C=O) groups is 1. The molecule has 0 aromatic heterocycles. The second kappa shape index (κ2) is 11.8. The van der Waals surface area contributed by atoms with Gasteiger partial charge in [-0.25, -0.2) is 0 Å². The van der Waals surface area contributed by atoms with Crippen molar-refractivity contribution in [3.8, 4) is 0 Å². The van der Waals surface area contributed by atoms with Crippen molar-refractivity contribution in [1.82, 2.24) is 10.2 Å². The Morgan fingerprint density at radius 3 is 2.32 bits per heavy atom. The number of nitrogens with zero attached hydrogens (tertiary/aromatic N) is 2. The van der Waals surface area contributed by atoms with Gasteiger partial charge in [-0.3, -0.25) is 9.69 Å². The number of hydrogen-bond donors (Lipinski definition) is 2. The number of ether oxygens (including phenoxy) is 1. The van der Waals surface area contributed by atoms with E-state index in [9.17, 15) is 4.79 Å². The van der Waals surface area contributed by atoms with Crippen molar-refractivity contribution in [2.24, 2.45) is 0 Å². The topological polar surface area (TPSA) is 70.8 Å². The first-order valence-corrected chi connectivity index (χ1v) is 13.6. The first-order valence-electron chi connectivity index (χ1n) is 13.6. The predicted octanol–water partition coefficient (Wildman–Crippen LogP) is 5.54. The number of anilines is 2. The molecule has 0 spiro atoms. The summed E-state index contributed by atoms with van der Waals surface area (Å²) in [5, 5.41) is 3.23. The third-order valence-electron chi connectivity index (χ3n) is 7.64. The summed E-state index contributed by atoms with van der Waals surface area (Å²) in [6.07, 6.45) is 4.01. The molecule has 3 aromatic rings. The first kappa shape index (κ1) is 25.3. The number of nitrogens with one attached hydrogen (secondary N) is 1. The van der Waals surface area contributed by atoms with Gasteiger partial charge in [-0.05, 0) is 54.5 Å². The molecule has 1 amide bonds. The van der Waals surface area contributed by atoms with Crippen molar-refractivity contribution < 1.29 is 9.53 Å². The maximum Gasteiger partial charge on any atom is 0.255 e. The monoisotopic (exact) mass is 498 g/mol. The highest BCUT2D eigenvalue weighted by Crippen LogP contribution is 2.36. The zero-order chi connectivity index (χ0) is 25.6. The van der Waals surface area contributed by atoms with Crippen LogP contribution in [0, 0.1) is 0 Å². The van der Waals surface area contributed by atoms with Crippen LogP contribution in [-0.2, 0) is 4.74 Å². The Bertz CT molecular complexity index is 1160. The van der Waals surface area contributed by atoms with Crippen LogP contribution in [-0.4, -0.2) is 43.3 Å². The number of carbonyl (C=O) groups excluding carboxylic acids is 1. The summed E-state index contributed by atoms with van der Waals surface area (Å²) in [6, 6.07) is 26.7. The molecule has 1 fully saturated rings. The van der Waals surface area contributed by atoms with Gasteiger partial charge in [-0.2, -0.15) is 0 Å². The van der Waals surface area contributed by atoms with Crippen LogP contribution < -0.4 is 16.0 Å². The van der Waals surface area contributed by atoms with Crippen molar-refractivity contribution >= 4 is 17.3 Å². The fraction of sp³-hybridized carbons (Fsp3) is 0.387. The van der Waals surface area contributed by atoms with E-state index in [0.717, 1.165) is 56.6 Å². The van der Waals surface area contributed by atoms with Crippen molar-refractivity contribution in [3.05, 3.63) is 95.6 Å². The van der Waals surface area contributed by atoms with Crippen LogP contribution in [0.3, 0.4) is 0 Å². The number of rotatable bonds is 9. The summed E-state index contributed by atoms with van der Waals surface area (Å²) in [5.74, 6) is 0.489. The molecule has 0 aliphatic carbocycles. The number of fused-ring (bicyclic) bond motifs is 1. The van der Waals surface area contributed by atoms with Crippen LogP contribution in [0.25, 0.3) is 0 Å². The van der Waals surface area contributed by atoms with E-state index in [1.54, 1.807) is 6.07 Å². The van der Waals surface area contributed by atoms with E-state index in [2.05, 4.69) is 64.5 Å². The Morgan fingerprint density at radius 1 is 0.973 bits per heavy atom. The second-order valence-electron chi connectivity index (χ2n) is 10.1. The smallest absolute Gasteiger partial charge is 0.255 e. The number of likely N-dealkylation sites (tertiary alicyclic amines) is 1.